The second kappa shape index (κ2) is 6.14. The largest absolute Gasteiger partial charge is 0.394 e. The fourth-order valence-corrected chi connectivity index (χ4v) is 2.07. The van der Waals surface area contributed by atoms with Crippen LogP contribution in [0.1, 0.15) is 6.23 Å². The van der Waals surface area contributed by atoms with Crippen LogP contribution in [0.3, 0.4) is 0 Å². The van der Waals surface area contributed by atoms with Crippen molar-refractivity contribution in [1.29, 1.82) is 0 Å². The summed E-state index contributed by atoms with van der Waals surface area (Å²) in [6, 6.07) is 1.44. The van der Waals surface area contributed by atoms with Crippen molar-refractivity contribution in [2.45, 2.75) is 24.5 Å². The van der Waals surface area contributed by atoms with Crippen molar-refractivity contribution >= 4 is 5.82 Å². The molecule has 1 fully saturated rings. The van der Waals surface area contributed by atoms with Gasteiger partial charge in [0.25, 0.3) is 0 Å². The summed E-state index contributed by atoms with van der Waals surface area (Å²) in [5, 5.41) is 19.2. The molecule has 0 spiro atoms. The third kappa shape index (κ3) is 2.73. The van der Waals surface area contributed by atoms with E-state index < -0.39 is 30.2 Å². The van der Waals surface area contributed by atoms with Gasteiger partial charge in [-0.3, -0.25) is 4.57 Å². The summed E-state index contributed by atoms with van der Waals surface area (Å²) in [7, 11) is 0. The predicted octanol–water partition coefficient (Wildman–Crippen LogP) is -1.35. The lowest BCUT2D eigenvalue weighted by molar-refractivity contribution is -0.0685. The van der Waals surface area contributed by atoms with Gasteiger partial charge in [0.15, 0.2) is 6.23 Å². The van der Waals surface area contributed by atoms with E-state index in [2.05, 4.69) is 11.6 Å². The molecule has 8 heteroatoms. The lowest BCUT2D eigenvalue weighted by Crippen LogP contribution is -2.38. The van der Waals surface area contributed by atoms with Crippen molar-refractivity contribution in [1.82, 2.24) is 9.55 Å². The molecule has 0 unspecified atom stereocenters. The maximum atomic E-state index is 11.8. The van der Waals surface area contributed by atoms with Gasteiger partial charge in [-0.2, -0.15) is 4.98 Å². The molecule has 0 aromatic carbocycles. The average molecular weight is 283 g/mol. The zero-order chi connectivity index (χ0) is 14.7. The number of aromatic nitrogens is 2. The van der Waals surface area contributed by atoms with Crippen molar-refractivity contribution in [3.63, 3.8) is 0 Å². The van der Waals surface area contributed by atoms with E-state index >= 15 is 0 Å². The normalized spacial score (nSPS) is 29.5. The number of ether oxygens (including phenoxy) is 2. The molecule has 2 rings (SSSR count). The minimum Gasteiger partial charge on any atom is -0.394 e. The smallest absolute Gasteiger partial charge is 0.351 e. The Balaban J connectivity index is 2.31. The zero-order valence-electron chi connectivity index (χ0n) is 10.8. The van der Waals surface area contributed by atoms with Crippen molar-refractivity contribution in [3.8, 4) is 0 Å². The molecule has 0 aliphatic carbocycles. The summed E-state index contributed by atoms with van der Waals surface area (Å²) in [4.78, 5) is 15.4. The number of aliphatic hydroxyl groups is 2. The summed E-state index contributed by atoms with van der Waals surface area (Å²) >= 11 is 0. The fourth-order valence-electron chi connectivity index (χ4n) is 2.07. The molecule has 110 valence electrons. The van der Waals surface area contributed by atoms with E-state index in [1.54, 1.807) is 0 Å². The van der Waals surface area contributed by atoms with Crippen LogP contribution in [0, 0.1) is 0 Å². The van der Waals surface area contributed by atoms with Crippen LogP contribution in [0.25, 0.3) is 0 Å². The molecule has 1 aliphatic rings. The van der Waals surface area contributed by atoms with E-state index in [4.69, 9.17) is 15.2 Å². The van der Waals surface area contributed by atoms with Crippen LogP contribution in [0.2, 0.25) is 0 Å². The number of aliphatic hydroxyl groups excluding tert-OH is 2. The van der Waals surface area contributed by atoms with Gasteiger partial charge in [-0.05, 0) is 6.07 Å². The van der Waals surface area contributed by atoms with Crippen molar-refractivity contribution in [3.05, 3.63) is 35.4 Å². The Bertz CT molecular complexity index is 532. The minimum atomic E-state index is -1.06. The Labute approximate surface area is 115 Å². The number of nitrogens with zero attached hydrogens (tertiary/aromatic N) is 2. The fraction of sp³-hybridized carbons (Fsp3) is 0.500. The summed E-state index contributed by atoms with van der Waals surface area (Å²) < 4.78 is 12.1. The molecule has 4 atom stereocenters. The number of anilines is 1. The molecule has 8 nitrogen and oxygen atoms in total. The van der Waals surface area contributed by atoms with Crippen LogP contribution in [0.15, 0.2) is 29.7 Å². The summed E-state index contributed by atoms with van der Waals surface area (Å²) in [5.74, 6) is 0.0899. The molecule has 1 aromatic heterocycles. The minimum absolute atomic E-state index is 0.0899. The van der Waals surface area contributed by atoms with Crippen LogP contribution in [0.5, 0.6) is 0 Å². The van der Waals surface area contributed by atoms with Crippen LogP contribution in [-0.2, 0) is 9.47 Å². The van der Waals surface area contributed by atoms with E-state index in [-0.39, 0.29) is 19.0 Å². The lowest BCUT2D eigenvalue weighted by atomic mass is 10.1. The van der Waals surface area contributed by atoms with Crippen molar-refractivity contribution in [2.75, 3.05) is 18.9 Å². The van der Waals surface area contributed by atoms with Gasteiger partial charge in [0.2, 0.25) is 0 Å². The van der Waals surface area contributed by atoms with E-state index in [1.807, 2.05) is 0 Å². The van der Waals surface area contributed by atoms with Gasteiger partial charge in [-0.25, -0.2) is 4.79 Å². The molecule has 1 aliphatic heterocycles. The van der Waals surface area contributed by atoms with E-state index in [9.17, 15) is 15.0 Å². The van der Waals surface area contributed by atoms with Gasteiger partial charge in [-0.1, -0.05) is 6.08 Å². The second-order valence-electron chi connectivity index (χ2n) is 4.37. The molecule has 2 heterocycles. The summed E-state index contributed by atoms with van der Waals surface area (Å²) in [6.45, 7) is 3.31. The Morgan fingerprint density at radius 2 is 2.40 bits per heavy atom. The van der Waals surface area contributed by atoms with Gasteiger partial charge in [0.1, 0.15) is 24.1 Å². The number of hydrogen-bond acceptors (Lipinski definition) is 7. The highest BCUT2D eigenvalue weighted by atomic mass is 16.6. The van der Waals surface area contributed by atoms with Gasteiger partial charge in [0, 0.05) is 6.20 Å². The first-order chi connectivity index (χ1) is 9.58. The third-order valence-electron chi connectivity index (χ3n) is 3.02. The first-order valence-corrected chi connectivity index (χ1v) is 6.10. The quantitative estimate of drug-likeness (QED) is 0.571. The van der Waals surface area contributed by atoms with E-state index in [0.29, 0.717) is 0 Å². The van der Waals surface area contributed by atoms with Crippen LogP contribution < -0.4 is 11.4 Å². The Morgan fingerprint density at radius 3 is 3.00 bits per heavy atom. The van der Waals surface area contributed by atoms with Gasteiger partial charge in [-0.15, -0.1) is 6.58 Å². The summed E-state index contributed by atoms with van der Waals surface area (Å²) in [6.07, 6.45) is -0.670. The van der Waals surface area contributed by atoms with E-state index in [1.165, 1.54) is 22.9 Å². The van der Waals surface area contributed by atoms with Crippen LogP contribution in [-0.4, -0.2) is 51.3 Å². The molecular weight excluding hydrogens is 266 g/mol. The Hall–Kier alpha value is -1.74. The highest BCUT2D eigenvalue weighted by Gasteiger charge is 2.45. The summed E-state index contributed by atoms with van der Waals surface area (Å²) in [5.41, 5.74) is 4.81. The lowest BCUT2D eigenvalue weighted by Gasteiger charge is -2.21. The standard InChI is InChI=1S/C12H17N3O5/c1-2-5-19-10-9(17)7(6-16)20-11(10)15-4-3-8(13)14-12(15)18/h2-4,7,9-11,16-17H,1,5-6H2,(H2,13,14,18)/t7-,9-,10+,11-/m1/s1. The SMILES string of the molecule is C=CCO[C@H]1[C@H](O)[C@@H](CO)O[C@H]1n1ccc(N)nc1=O. The van der Waals surface area contributed by atoms with Crippen LogP contribution in [0.4, 0.5) is 5.82 Å². The second-order valence-corrected chi connectivity index (χ2v) is 4.37. The Morgan fingerprint density at radius 1 is 1.65 bits per heavy atom. The van der Waals surface area contributed by atoms with Crippen LogP contribution >= 0.6 is 0 Å². The first-order valence-electron chi connectivity index (χ1n) is 6.10. The maximum absolute atomic E-state index is 11.8. The van der Waals surface area contributed by atoms with Gasteiger partial charge >= 0.3 is 5.69 Å². The molecule has 0 amide bonds. The number of nitrogen functional groups attached to an aromatic ring is 1. The number of nitrogens with two attached hydrogens (primary N) is 1. The first kappa shape index (κ1) is 14.7. The average Bonchev–Trinajstić information content (AvgIpc) is 2.73. The number of rotatable bonds is 5. The molecule has 0 saturated carbocycles. The Kier molecular flexibility index (Phi) is 4.50. The molecule has 1 saturated heterocycles. The van der Waals surface area contributed by atoms with Gasteiger partial charge < -0.3 is 25.4 Å². The maximum Gasteiger partial charge on any atom is 0.351 e. The molecule has 20 heavy (non-hydrogen) atoms. The van der Waals surface area contributed by atoms with E-state index in [0.717, 1.165) is 0 Å². The topological polar surface area (TPSA) is 120 Å². The van der Waals surface area contributed by atoms with Gasteiger partial charge in [0.05, 0.1) is 13.2 Å². The highest BCUT2D eigenvalue weighted by Crippen LogP contribution is 2.30. The highest BCUT2D eigenvalue weighted by molar-refractivity contribution is 5.23. The predicted molar refractivity (Wildman–Crippen MR) is 69.8 cm³/mol. The van der Waals surface area contributed by atoms with Crippen molar-refractivity contribution in [2.24, 2.45) is 0 Å². The number of hydrogen-bond donors (Lipinski definition) is 3. The molecule has 4 N–H and O–H groups in total. The molecular formula is C12H17N3O5. The molecule has 1 aromatic rings. The van der Waals surface area contributed by atoms with Crippen molar-refractivity contribution < 1.29 is 19.7 Å². The molecule has 0 bridgehead atoms. The third-order valence-corrected chi connectivity index (χ3v) is 3.02. The zero-order valence-corrected chi connectivity index (χ0v) is 10.8. The monoisotopic (exact) mass is 283 g/mol. The molecule has 0 radical (unpaired) electrons.